The van der Waals surface area contributed by atoms with E-state index in [9.17, 15) is 0 Å². The van der Waals surface area contributed by atoms with Crippen molar-refractivity contribution < 1.29 is 0 Å². The molecule has 1 unspecified atom stereocenters. The molecule has 1 heteroatoms. The molecule has 0 aliphatic rings. The van der Waals surface area contributed by atoms with E-state index in [-0.39, 0.29) is 0 Å². The molecular formula is C6H14Sn. The summed E-state index contributed by atoms with van der Waals surface area (Å²) in [7, 11) is 0. The van der Waals surface area contributed by atoms with Crippen LogP contribution in [0.25, 0.3) is 0 Å². The molecule has 0 heterocycles. The summed E-state index contributed by atoms with van der Waals surface area (Å²) in [6, 6.07) is 0. The molecule has 0 saturated carbocycles. The van der Waals surface area contributed by atoms with Gasteiger partial charge in [0.2, 0.25) is 0 Å². The van der Waals surface area contributed by atoms with Crippen LogP contribution in [0, 0.1) is 5.92 Å². The Morgan fingerprint density at radius 2 is 1.71 bits per heavy atom. The first-order valence-corrected chi connectivity index (χ1v) is 4.78. The van der Waals surface area contributed by atoms with E-state index in [1.807, 2.05) is 0 Å². The molecule has 0 saturated heterocycles. The van der Waals surface area contributed by atoms with Gasteiger partial charge >= 0.3 is 59.6 Å². The minimum atomic E-state index is 0.907. The molecule has 0 aromatic heterocycles. The third-order valence-electron chi connectivity index (χ3n) is 0.843. The molecule has 0 aliphatic heterocycles. The van der Waals surface area contributed by atoms with Crippen molar-refractivity contribution in [2.24, 2.45) is 5.92 Å². The summed E-state index contributed by atoms with van der Waals surface area (Å²) in [4.78, 5) is 0. The molecule has 0 bridgehead atoms. The zero-order valence-corrected chi connectivity index (χ0v) is 8.73. The van der Waals surface area contributed by atoms with Crippen molar-refractivity contribution in [3.63, 3.8) is 0 Å². The second-order valence-electron chi connectivity index (χ2n) is 2.61. The molecule has 42 valence electrons. The molecule has 0 spiro atoms. The summed E-state index contributed by atoms with van der Waals surface area (Å²) in [6.45, 7) is 6.89. The van der Waals surface area contributed by atoms with Crippen molar-refractivity contribution in [2.75, 3.05) is 0 Å². The summed E-state index contributed by atoms with van der Waals surface area (Å²) in [5.41, 5.74) is 0. The molecule has 0 aromatic rings. The van der Waals surface area contributed by atoms with Crippen LogP contribution in [-0.2, 0) is 0 Å². The van der Waals surface area contributed by atoms with Crippen LogP contribution in [-0.4, -0.2) is 22.5 Å². The van der Waals surface area contributed by atoms with Crippen LogP contribution in [0.1, 0.15) is 27.2 Å². The molecule has 0 N–H and O–H groups in total. The van der Waals surface area contributed by atoms with E-state index < -0.39 is 0 Å². The number of rotatable bonds is 2. The van der Waals surface area contributed by atoms with E-state index in [0.29, 0.717) is 0 Å². The molecule has 0 rings (SSSR count). The molecule has 0 aliphatic carbocycles. The van der Waals surface area contributed by atoms with Crippen molar-refractivity contribution in [2.45, 2.75) is 31.1 Å². The van der Waals surface area contributed by atoms with Gasteiger partial charge in [-0.2, -0.15) is 0 Å². The third kappa shape index (κ3) is 6.80. The first-order valence-electron chi connectivity index (χ1n) is 2.88. The topological polar surface area (TPSA) is 0 Å². The summed E-state index contributed by atoms with van der Waals surface area (Å²) < 4.78 is 1.00. The standard InChI is InChI=1S/C6H13.Sn.H/c1-4-5-6(2)3;;/h4,6H,5H2,1-3H3;;. The zero-order chi connectivity index (χ0) is 5.86. The summed E-state index contributed by atoms with van der Waals surface area (Å²) in [5, 5.41) is 0. The normalized spacial score (nSPS) is 15.0. The predicted octanol–water partition coefficient (Wildman–Crippen LogP) is 1.74. The molecule has 2 radical (unpaired) electrons. The van der Waals surface area contributed by atoms with Crippen molar-refractivity contribution in [3.8, 4) is 0 Å². The molecule has 0 fully saturated rings. The van der Waals surface area contributed by atoms with Crippen LogP contribution in [0.15, 0.2) is 0 Å². The van der Waals surface area contributed by atoms with Gasteiger partial charge in [-0.15, -0.1) is 0 Å². The van der Waals surface area contributed by atoms with Gasteiger partial charge in [0.25, 0.3) is 0 Å². The number of hydrogen-bond donors (Lipinski definition) is 0. The SMILES string of the molecule is CC(C)C[CH](C)[SnH]. The van der Waals surface area contributed by atoms with E-state index in [0.717, 1.165) is 9.85 Å². The predicted molar refractivity (Wildman–Crippen MR) is 36.0 cm³/mol. The van der Waals surface area contributed by atoms with Gasteiger partial charge in [-0.25, -0.2) is 0 Å². The maximum atomic E-state index is 2.32. The van der Waals surface area contributed by atoms with Gasteiger partial charge in [0, 0.05) is 0 Å². The van der Waals surface area contributed by atoms with Crippen molar-refractivity contribution in [1.29, 1.82) is 0 Å². The van der Waals surface area contributed by atoms with Gasteiger partial charge in [0.1, 0.15) is 0 Å². The fraction of sp³-hybridized carbons (Fsp3) is 1.00. The van der Waals surface area contributed by atoms with Crippen LogP contribution < -0.4 is 0 Å². The van der Waals surface area contributed by atoms with E-state index in [2.05, 4.69) is 20.8 Å². The Labute approximate surface area is 59.8 Å². The van der Waals surface area contributed by atoms with E-state index in [1.165, 1.54) is 28.9 Å². The first kappa shape index (κ1) is 7.80. The monoisotopic (exact) mass is 206 g/mol. The van der Waals surface area contributed by atoms with Gasteiger partial charge in [-0.05, 0) is 0 Å². The van der Waals surface area contributed by atoms with Crippen molar-refractivity contribution >= 4 is 22.5 Å². The summed E-state index contributed by atoms with van der Waals surface area (Å²) in [6.07, 6.45) is 1.42. The van der Waals surface area contributed by atoms with Crippen LogP contribution >= 0.6 is 0 Å². The molecular weight excluding hydrogens is 191 g/mol. The van der Waals surface area contributed by atoms with Gasteiger partial charge < -0.3 is 0 Å². The Hall–Kier alpha value is 0.799. The quantitative estimate of drug-likeness (QED) is 0.602. The van der Waals surface area contributed by atoms with Gasteiger partial charge in [-0.3, -0.25) is 0 Å². The number of hydrogen-bond acceptors (Lipinski definition) is 0. The Balaban J connectivity index is 2.95. The summed E-state index contributed by atoms with van der Waals surface area (Å²) in [5.74, 6) is 0.907. The molecule has 0 amide bonds. The average molecular weight is 205 g/mol. The Morgan fingerprint density at radius 1 is 1.29 bits per heavy atom. The molecule has 1 atom stereocenters. The van der Waals surface area contributed by atoms with Crippen LogP contribution in [0.3, 0.4) is 0 Å². The Bertz CT molecular complexity index is 33.4. The van der Waals surface area contributed by atoms with E-state index in [1.54, 1.807) is 0 Å². The Morgan fingerprint density at radius 3 is 1.71 bits per heavy atom. The van der Waals surface area contributed by atoms with E-state index >= 15 is 0 Å². The van der Waals surface area contributed by atoms with Crippen LogP contribution in [0.4, 0.5) is 0 Å². The second kappa shape index (κ2) is 3.76. The fourth-order valence-electron chi connectivity index (χ4n) is 0.744. The van der Waals surface area contributed by atoms with Gasteiger partial charge in [-0.1, -0.05) is 0 Å². The third-order valence-corrected chi connectivity index (χ3v) is 1.62. The van der Waals surface area contributed by atoms with Crippen molar-refractivity contribution in [1.82, 2.24) is 0 Å². The van der Waals surface area contributed by atoms with Crippen LogP contribution in [0.5, 0.6) is 0 Å². The first-order chi connectivity index (χ1) is 3.13. The minimum absolute atomic E-state index is 0.907. The van der Waals surface area contributed by atoms with Crippen LogP contribution in [0.2, 0.25) is 3.93 Å². The van der Waals surface area contributed by atoms with E-state index in [4.69, 9.17) is 0 Å². The molecule has 0 aromatic carbocycles. The second-order valence-corrected chi connectivity index (χ2v) is 5.86. The molecule has 7 heavy (non-hydrogen) atoms. The molecule has 0 nitrogen and oxygen atoms in total. The average Bonchev–Trinajstić information content (AvgIpc) is 1.27. The summed E-state index contributed by atoms with van der Waals surface area (Å²) >= 11 is 1.42. The zero-order valence-electron chi connectivity index (χ0n) is 5.44. The van der Waals surface area contributed by atoms with Crippen molar-refractivity contribution in [3.05, 3.63) is 0 Å². The fourth-order valence-corrected chi connectivity index (χ4v) is 2.30. The maximum absolute atomic E-state index is 2.32. The Kier molecular flexibility index (Phi) is 4.19. The van der Waals surface area contributed by atoms with Gasteiger partial charge in [0.05, 0.1) is 0 Å². The van der Waals surface area contributed by atoms with Gasteiger partial charge in [0.15, 0.2) is 0 Å².